The minimum Gasteiger partial charge on any atom is -0.481 e. The molecule has 0 atom stereocenters. The Kier molecular flexibility index (Phi) is 11.6. The van der Waals surface area contributed by atoms with E-state index in [1.165, 1.54) is 0 Å². The first kappa shape index (κ1) is 17.0. The van der Waals surface area contributed by atoms with Gasteiger partial charge in [0, 0.05) is 0 Å². The van der Waals surface area contributed by atoms with Crippen LogP contribution < -0.4 is 29.6 Å². The van der Waals surface area contributed by atoms with E-state index in [4.69, 9.17) is 13.5 Å². The van der Waals surface area contributed by atoms with Crippen molar-refractivity contribution in [2.45, 2.75) is 6.42 Å². The smallest absolute Gasteiger partial charge is 0.481 e. The van der Waals surface area contributed by atoms with Gasteiger partial charge < -0.3 is 13.5 Å². The average Bonchev–Trinajstić information content (AvgIpc) is 2.03. The summed E-state index contributed by atoms with van der Waals surface area (Å²) in [6.07, 6.45) is 1.20. The Labute approximate surface area is 113 Å². The fraction of sp³-hybridized carbons (Fsp3) is 0.222. The molecule has 0 heterocycles. The summed E-state index contributed by atoms with van der Waals surface area (Å²) in [4.78, 5) is 10.2. The number of hydrogen-bond donors (Lipinski definition) is 1. The molecular formula is C9H11NaO4S. The molecule has 15 heavy (non-hydrogen) atoms. The van der Waals surface area contributed by atoms with Crippen LogP contribution in [0.1, 0.15) is 5.56 Å². The van der Waals surface area contributed by atoms with E-state index in [2.05, 4.69) is 0 Å². The van der Waals surface area contributed by atoms with Gasteiger partial charge in [0.2, 0.25) is 0 Å². The van der Waals surface area contributed by atoms with Crippen molar-refractivity contribution < 1.29 is 47.9 Å². The van der Waals surface area contributed by atoms with Gasteiger partial charge in [-0.15, -0.1) is 0 Å². The average molecular weight is 238 g/mol. The number of hydrogen-bond acceptors (Lipinski definition) is 4. The van der Waals surface area contributed by atoms with Crippen LogP contribution in [-0.4, -0.2) is 17.3 Å². The third-order valence-corrected chi connectivity index (χ3v) is 1.20. The van der Waals surface area contributed by atoms with Gasteiger partial charge >= 0.3 is 35.5 Å². The van der Waals surface area contributed by atoms with E-state index in [0.29, 0.717) is 0 Å². The Hall–Kier alpha value is -0.360. The molecule has 0 aliphatic heterocycles. The molecule has 6 heteroatoms. The normalized spacial score (nSPS) is 8.40. The predicted molar refractivity (Wildman–Crippen MR) is 52.4 cm³/mol. The Morgan fingerprint density at radius 2 is 1.67 bits per heavy atom. The monoisotopic (exact) mass is 238 g/mol. The van der Waals surface area contributed by atoms with E-state index in [0.717, 1.165) is 11.8 Å². The van der Waals surface area contributed by atoms with Crippen LogP contribution in [0.2, 0.25) is 0 Å². The molecule has 1 aromatic carbocycles. The Bertz CT molecular complexity index is 340. The molecule has 1 N–H and O–H groups in total. The first-order chi connectivity index (χ1) is 6.52. The third-order valence-electron chi connectivity index (χ3n) is 1.20. The van der Waals surface area contributed by atoms with Gasteiger partial charge in [-0.25, -0.2) is 0 Å². The summed E-state index contributed by atoms with van der Waals surface area (Å²) in [5.41, 5.74) is 0.843. The van der Waals surface area contributed by atoms with Gasteiger partial charge in [-0.3, -0.25) is 4.79 Å². The Balaban J connectivity index is 0. The number of benzene rings is 1. The first-order valence-corrected chi connectivity index (χ1v) is 5.27. The second-order valence-corrected chi connectivity index (χ2v) is 3.26. The Morgan fingerprint density at radius 3 is 2.00 bits per heavy atom. The minimum absolute atomic E-state index is 0. The predicted octanol–water partition coefficient (Wildman–Crippen LogP) is -1.76. The summed E-state index contributed by atoms with van der Waals surface area (Å²) in [7, 11) is -1.86. The van der Waals surface area contributed by atoms with Crippen LogP contribution in [0.5, 0.6) is 0 Å². The van der Waals surface area contributed by atoms with Crippen molar-refractivity contribution in [2.75, 3.05) is 6.26 Å². The summed E-state index contributed by atoms with van der Waals surface area (Å²) < 4.78 is 18.0. The van der Waals surface area contributed by atoms with Crippen LogP contribution in [-0.2, 0) is 30.3 Å². The van der Waals surface area contributed by atoms with Crippen LogP contribution in [0, 0.1) is 0 Å². The van der Waals surface area contributed by atoms with E-state index in [9.17, 15) is 4.79 Å². The van der Waals surface area contributed by atoms with Crippen molar-refractivity contribution in [1.82, 2.24) is 0 Å². The summed E-state index contributed by atoms with van der Waals surface area (Å²) >= 11 is 0. The van der Waals surface area contributed by atoms with Gasteiger partial charge in [-0.2, -0.15) is 0 Å². The van der Waals surface area contributed by atoms with Crippen molar-refractivity contribution in [1.29, 1.82) is 0 Å². The first-order valence-electron chi connectivity index (χ1n) is 3.79. The molecule has 0 unspecified atom stereocenters. The number of aliphatic carboxylic acids is 1. The summed E-state index contributed by atoms with van der Waals surface area (Å²) in [5, 5.41) is 8.37. The zero-order valence-corrected chi connectivity index (χ0v) is 11.5. The maximum absolute atomic E-state index is 10.2. The fourth-order valence-corrected chi connectivity index (χ4v) is 0.770. The van der Waals surface area contributed by atoms with E-state index in [-0.39, 0.29) is 36.0 Å². The van der Waals surface area contributed by atoms with E-state index in [1.54, 1.807) is 12.1 Å². The molecule has 0 aliphatic carbocycles. The quantitative estimate of drug-likeness (QED) is 0.489. The maximum atomic E-state index is 10.2. The molecule has 1 aromatic rings. The van der Waals surface area contributed by atoms with Gasteiger partial charge in [-0.1, -0.05) is 47.3 Å². The van der Waals surface area contributed by atoms with Crippen molar-refractivity contribution in [3.05, 3.63) is 35.9 Å². The molecule has 0 saturated heterocycles. The molecule has 0 saturated carbocycles. The summed E-state index contributed by atoms with van der Waals surface area (Å²) in [6.45, 7) is 0. The molecule has 0 spiro atoms. The Morgan fingerprint density at radius 1 is 1.27 bits per heavy atom. The SMILES string of the molecule is C[S-](=O)=O.O=C(O)Cc1ccccc1.[Na+]. The van der Waals surface area contributed by atoms with Crippen LogP contribution in [0.4, 0.5) is 0 Å². The van der Waals surface area contributed by atoms with Crippen molar-refractivity contribution in [3.63, 3.8) is 0 Å². The van der Waals surface area contributed by atoms with E-state index < -0.39 is 16.7 Å². The molecule has 0 fully saturated rings. The maximum Gasteiger partial charge on any atom is 1.00 e. The second kappa shape index (κ2) is 10.2. The zero-order valence-electron chi connectivity index (χ0n) is 8.67. The van der Waals surface area contributed by atoms with Crippen LogP contribution >= 0.6 is 0 Å². The third kappa shape index (κ3) is 13.6. The van der Waals surface area contributed by atoms with Gasteiger partial charge in [0.1, 0.15) is 0 Å². The van der Waals surface area contributed by atoms with Crippen LogP contribution in [0.15, 0.2) is 30.3 Å². The number of carboxylic acids is 1. The molecule has 0 radical (unpaired) electrons. The molecule has 1 rings (SSSR count). The van der Waals surface area contributed by atoms with Gasteiger partial charge in [0.15, 0.2) is 0 Å². The molecule has 4 nitrogen and oxygen atoms in total. The standard InChI is InChI=1S/C8H8O2.CH3O2S.Na/c9-8(10)6-7-4-2-1-3-5-7;1-4(2)3;/h1-5H,6H2,(H,9,10);1H3;/q;-1;+1. The number of carbonyl (C=O) groups is 1. The molecule has 0 bridgehead atoms. The molecular weight excluding hydrogens is 227 g/mol. The summed E-state index contributed by atoms with van der Waals surface area (Å²) in [5.74, 6) is -0.786. The molecule has 78 valence electrons. The molecule has 0 amide bonds. The summed E-state index contributed by atoms with van der Waals surface area (Å²) in [6, 6.07) is 9.13. The van der Waals surface area contributed by atoms with E-state index >= 15 is 0 Å². The second-order valence-electron chi connectivity index (χ2n) is 2.46. The number of carboxylic acid groups (broad SMARTS) is 1. The van der Waals surface area contributed by atoms with Crippen LogP contribution in [0.25, 0.3) is 0 Å². The zero-order chi connectivity index (χ0) is 11.0. The topological polar surface area (TPSA) is 71.4 Å². The van der Waals surface area contributed by atoms with E-state index in [1.807, 2.05) is 18.2 Å². The van der Waals surface area contributed by atoms with Crippen LogP contribution in [0.3, 0.4) is 0 Å². The van der Waals surface area contributed by atoms with Gasteiger partial charge in [0.05, 0.1) is 6.42 Å². The molecule has 0 aromatic heterocycles. The van der Waals surface area contributed by atoms with Gasteiger partial charge in [0.25, 0.3) is 0 Å². The van der Waals surface area contributed by atoms with Crippen molar-refractivity contribution in [2.24, 2.45) is 0 Å². The molecule has 0 aliphatic rings. The number of rotatable bonds is 2. The fourth-order valence-electron chi connectivity index (χ4n) is 0.770. The van der Waals surface area contributed by atoms with Crippen molar-refractivity contribution >= 4 is 16.7 Å². The van der Waals surface area contributed by atoms with Crippen molar-refractivity contribution in [3.8, 4) is 0 Å². The van der Waals surface area contributed by atoms with Gasteiger partial charge in [-0.05, 0) is 5.56 Å². The minimum atomic E-state index is -1.86. The largest absolute Gasteiger partial charge is 1.00 e.